The fraction of sp³-hybridized carbons (Fsp3) is 0.588. The Morgan fingerprint density at radius 2 is 1.85 bits per heavy atom. The van der Waals surface area contributed by atoms with Crippen LogP contribution >= 0.6 is 11.6 Å². The van der Waals surface area contributed by atoms with Gasteiger partial charge in [-0.2, -0.15) is 0 Å². The molecule has 0 spiro atoms. The standard InChI is InChI=1S/C17H24ClNO/c1-17(2,3)16(20)19-11-5-4-6-14(12-19)13-7-9-15(18)10-8-13/h7-10,14H,4-6,11-12H2,1-3H3. The summed E-state index contributed by atoms with van der Waals surface area (Å²) in [4.78, 5) is 14.6. The Balaban J connectivity index is 2.15. The zero-order valence-corrected chi connectivity index (χ0v) is 13.4. The summed E-state index contributed by atoms with van der Waals surface area (Å²) >= 11 is 5.96. The second kappa shape index (κ2) is 6.17. The summed E-state index contributed by atoms with van der Waals surface area (Å²) in [5, 5.41) is 0.769. The van der Waals surface area contributed by atoms with E-state index in [0.717, 1.165) is 31.0 Å². The number of carbonyl (C=O) groups is 1. The van der Waals surface area contributed by atoms with Gasteiger partial charge in [0.15, 0.2) is 0 Å². The molecular formula is C17H24ClNO. The van der Waals surface area contributed by atoms with Crippen molar-refractivity contribution in [2.45, 2.75) is 46.0 Å². The highest BCUT2D eigenvalue weighted by Gasteiger charge is 2.30. The van der Waals surface area contributed by atoms with Crippen molar-refractivity contribution < 1.29 is 4.79 Å². The van der Waals surface area contributed by atoms with Gasteiger partial charge in [-0.3, -0.25) is 4.79 Å². The van der Waals surface area contributed by atoms with E-state index < -0.39 is 0 Å². The quantitative estimate of drug-likeness (QED) is 0.747. The van der Waals surface area contributed by atoms with Crippen LogP contribution in [0.2, 0.25) is 5.02 Å². The summed E-state index contributed by atoms with van der Waals surface area (Å²) in [6.07, 6.45) is 3.43. The van der Waals surface area contributed by atoms with Crippen LogP contribution in [0.1, 0.15) is 51.5 Å². The minimum absolute atomic E-state index is 0.262. The van der Waals surface area contributed by atoms with E-state index >= 15 is 0 Å². The third-order valence-corrected chi connectivity index (χ3v) is 4.19. The lowest BCUT2D eigenvalue weighted by molar-refractivity contribution is -0.139. The predicted molar refractivity (Wildman–Crippen MR) is 84.1 cm³/mol. The third kappa shape index (κ3) is 3.76. The Morgan fingerprint density at radius 3 is 2.45 bits per heavy atom. The SMILES string of the molecule is CC(C)(C)C(=O)N1CCCCC(c2ccc(Cl)cc2)C1. The van der Waals surface area contributed by atoms with Crippen LogP contribution in [0, 0.1) is 5.41 Å². The maximum atomic E-state index is 12.5. The van der Waals surface area contributed by atoms with Gasteiger partial charge < -0.3 is 4.90 Å². The molecule has 0 bridgehead atoms. The van der Waals surface area contributed by atoms with Crippen LogP contribution < -0.4 is 0 Å². The molecule has 1 atom stereocenters. The predicted octanol–water partition coefficient (Wildman–Crippen LogP) is 4.48. The van der Waals surface area contributed by atoms with E-state index in [4.69, 9.17) is 11.6 Å². The van der Waals surface area contributed by atoms with Gasteiger partial charge in [0.2, 0.25) is 5.91 Å². The highest BCUT2D eigenvalue weighted by atomic mass is 35.5. The number of rotatable bonds is 1. The first kappa shape index (κ1) is 15.4. The molecule has 2 rings (SSSR count). The molecule has 1 unspecified atom stereocenters. The first-order valence-electron chi connectivity index (χ1n) is 7.43. The average Bonchev–Trinajstić information content (AvgIpc) is 2.63. The molecule has 3 heteroatoms. The van der Waals surface area contributed by atoms with E-state index in [0.29, 0.717) is 5.92 Å². The molecule has 1 saturated heterocycles. The van der Waals surface area contributed by atoms with E-state index in [1.54, 1.807) is 0 Å². The van der Waals surface area contributed by atoms with Crippen molar-refractivity contribution in [1.82, 2.24) is 4.90 Å². The minimum Gasteiger partial charge on any atom is -0.342 e. The largest absolute Gasteiger partial charge is 0.342 e. The summed E-state index contributed by atoms with van der Waals surface area (Å²) < 4.78 is 0. The van der Waals surface area contributed by atoms with Gasteiger partial charge in [-0.25, -0.2) is 0 Å². The molecule has 1 heterocycles. The average molecular weight is 294 g/mol. The first-order valence-corrected chi connectivity index (χ1v) is 7.80. The van der Waals surface area contributed by atoms with Gasteiger partial charge >= 0.3 is 0 Å². The number of halogens is 1. The molecule has 0 aliphatic carbocycles. The Bertz CT molecular complexity index is 461. The topological polar surface area (TPSA) is 20.3 Å². The van der Waals surface area contributed by atoms with E-state index in [1.807, 2.05) is 37.8 Å². The Kier molecular flexibility index (Phi) is 4.74. The summed E-state index contributed by atoms with van der Waals surface area (Å²) in [7, 11) is 0. The molecule has 1 aliphatic heterocycles. The van der Waals surface area contributed by atoms with Gasteiger partial charge in [0.25, 0.3) is 0 Å². The van der Waals surface area contributed by atoms with Gasteiger partial charge in [-0.05, 0) is 30.5 Å². The number of benzene rings is 1. The lowest BCUT2D eigenvalue weighted by atomic mass is 9.92. The lowest BCUT2D eigenvalue weighted by Gasteiger charge is -2.30. The van der Waals surface area contributed by atoms with E-state index in [9.17, 15) is 4.79 Å². The van der Waals surface area contributed by atoms with Gasteiger partial charge in [-0.15, -0.1) is 0 Å². The monoisotopic (exact) mass is 293 g/mol. The van der Waals surface area contributed by atoms with E-state index in [2.05, 4.69) is 12.1 Å². The fourth-order valence-corrected chi connectivity index (χ4v) is 2.93. The van der Waals surface area contributed by atoms with E-state index in [-0.39, 0.29) is 11.3 Å². The number of amides is 1. The maximum Gasteiger partial charge on any atom is 0.227 e. The summed E-state index contributed by atoms with van der Waals surface area (Å²) in [6, 6.07) is 8.07. The first-order chi connectivity index (χ1) is 9.38. The Morgan fingerprint density at radius 1 is 1.20 bits per heavy atom. The number of hydrogen-bond donors (Lipinski definition) is 0. The number of likely N-dealkylation sites (tertiary alicyclic amines) is 1. The Labute approximate surface area is 127 Å². The van der Waals surface area contributed by atoms with Gasteiger partial charge in [0, 0.05) is 29.4 Å². The molecule has 110 valence electrons. The molecule has 1 aliphatic rings. The zero-order chi connectivity index (χ0) is 14.8. The Hall–Kier alpha value is -1.02. The van der Waals surface area contributed by atoms with Crippen molar-refractivity contribution in [1.29, 1.82) is 0 Å². The number of hydrogen-bond acceptors (Lipinski definition) is 1. The van der Waals surface area contributed by atoms with Crippen LogP contribution in [-0.4, -0.2) is 23.9 Å². The molecular weight excluding hydrogens is 270 g/mol. The molecule has 1 amide bonds. The number of carbonyl (C=O) groups excluding carboxylic acids is 1. The van der Waals surface area contributed by atoms with Crippen LogP contribution in [0.15, 0.2) is 24.3 Å². The van der Waals surface area contributed by atoms with Crippen LogP contribution in [0.3, 0.4) is 0 Å². The van der Waals surface area contributed by atoms with Gasteiger partial charge in [0.05, 0.1) is 0 Å². The van der Waals surface area contributed by atoms with Crippen molar-refractivity contribution in [3.05, 3.63) is 34.9 Å². The zero-order valence-electron chi connectivity index (χ0n) is 12.7. The molecule has 1 fully saturated rings. The molecule has 1 aromatic rings. The fourth-order valence-electron chi connectivity index (χ4n) is 2.81. The van der Waals surface area contributed by atoms with Crippen molar-refractivity contribution in [2.75, 3.05) is 13.1 Å². The highest BCUT2D eigenvalue weighted by molar-refractivity contribution is 6.30. The second-order valence-electron chi connectivity index (χ2n) is 6.75. The number of nitrogens with zero attached hydrogens (tertiary/aromatic N) is 1. The molecule has 0 saturated carbocycles. The van der Waals surface area contributed by atoms with Crippen LogP contribution in [0.4, 0.5) is 0 Å². The molecule has 1 aromatic carbocycles. The van der Waals surface area contributed by atoms with Crippen molar-refractivity contribution in [3.8, 4) is 0 Å². The molecule has 2 nitrogen and oxygen atoms in total. The third-order valence-electron chi connectivity index (χ3n) is 3.94. The van der Waals surface area contributed by atoms with Gasteiger partial charge in [-0.1, -0.05) is 50.9 Å². The van der Waals surface area contributed by atoms with Crippen molar-refractivity contribution >= 4 is 17.5 Å². The molecule has 20 heavy (non-hydrogen) atoms. The van der Waals surface area contributed by atoms with Crippen molar-refractivity contribution in [2.24, 2.45) is 5.41 Å². The highest BCUT2D eigenvalue weighted by Crippen LogP contribution is 2.29. The second-order valence-corrected chi connectivity index (χ2v) is 7.18. The summed E-state index contributed by atoms with van der Waals surface area (Å²) in [6.45, 7) is 7.71. The molecule has 0 N–H and O–H groups in total. The van der Waals surface area contributed by atoms with E-state index in [1.165, 1.54) is 12.0 Å². The normalized spacial score (nSPS) is 20.6. The van der Waals surface area contributed by atoms with Crippen LogP contribution in [0.25, 0.3) is 0 Å². The molecule has 0 radical (unpaired) electrons. The van der Waals surface area contributed by atoms with Crippen LogP contribution in [-0.2, 0) is 4.79 Å². The van der Waals surface area contributed by atoms with Crippen LogP contribution in [0.5, 0.6) is 0 Å². The smallest absolute Gasteiger partial charge is 0.227 e. The summed E-state index contributed by atoms with van der Waals surface area (Å²) in [5.74, 6) is 0.694. The maximum absolute atomic E-state index is 12.5. The minimum atomic E-state index is -0.297. The van der Waals surface area contributed by atoms with Gasteiger partial charge in [0.1, 0.15) is 0 Å². The molecule has 0 aromatic heterocycles. The lowest BCUT2D eigenvalue weighted by Crippen LogP contribution is -2.41. The summed E-state index contributed by atoms with van der Waals surface area (Å²) in [5.41, 5.74) is 0.998. The van der Waals surface area contributed by atoms with Crippen molar-refractivity contribution in [3.63, 3.8) is 0 Å².